The number of methoxy groups -OCH3 is 2. The zero-order chi connectivity index (χ0) is 20.1. The van der Waals surface area contributed by atoms with E-state index >= 15 is 0 Å². The first-order chi connectivity index (χ1) is 13.4. The summed E-state index contributed by atoms with van der Waals surface area (Å²) >= 11 is 0. The maximum atomic E-state index is 11.3. The fourth-order valence-electron chi connectivity index (χ4n) is 2.96. The molecule has 146 valence electrons. The zero-order valence-corrected chi connectivity index (χ0v) is 17.3. The lowest BCUT2D eigenvalue weighted by Crippen LogP contribution is -2.17. The van der Waals surface area contributed by atoms with E-state index in [1.54, 1.807) is 26.4 Å². The Morgan fingerprint density at radius 1 is 0.786 bits per heavy atom. The van der Waals surface area contributed by atoms with Gasteiger partial charge in [-0.3, -0.25) is 4.55 Å². The van der Waals surface area contributed by atoms with Gasteiger partial charge in [0.15, 0.2) is 0 Å². The summed E-state index contributed by atoms with van der Waals surface area (Å²) in [6.45, 7) is 0. The van der Waals surface area contributed by atoms with Gasteiger partial charge in [-0.05, 0) is 37.8 Å². The molecule has 0 aliphatic rings. The molecule has 1 N–H and O–H groups in total. The maximum Gasteiger partial charge on any atom is 0.294 e. The van der Waals surface area contributed by atoms with Gasteiger partial charge < -0.3 is 9.47 Å². The second-order valence-electron chi connectivity index (χ2n) is 6.05. The molecule has 0 radical (unpaired) electrons. The summed E-state index contributed by atoms with van der Waals surface area (Å²) in [7, 11) is -1.79. The van der Waals surface area contributed by atoms with Gasteiger partial charge in [-0.25, -0.2) is 0 Å². The van der Waals surface area contributed by atoms with Crippen molar-refractivity contribution in [3.05, 3.63) is 78.4 Å². The SMILES string of the molecule is COc1ccccc1P(Cc1ccc(S(=O)(=O)O)cc1)c1ccccc1OC. The third-order valence-electron chi connectivity index (χ3n) is 4.31. The van der Waals surface area contributed by atoms with Crippen molar-refractivity contribution >= 4 is 28.6 Å². The van der Waals surface area contributed by atoms with E-state index < -0.39 is 18.0 Å². The summed E-state index contributed by atoms with van der Waals surface area (Å²) in [4.78, 5) is -0.116. The Labute approximate surface area is 166 Å². The van der Waals surface area contributed by atoms with Crippen molar-refractivity contribution in [3.8, 4) is 11.5 Å². The van der Waals surface area contributed by atoms with Gasteiger partial charge in [-0.15, -0.1) is 0 Å². The Morgan fingerprint density at radius 3 is 1.68 bits per heavy atom. The molecule has 28 heavy (non-hydrogen) atoms. The van der Waals surface area contributed by atoms with Crippen molar-refractivity contribution < 1.29 is 22.4 Å². The molecule has 0 spiro atoms. The first-order valence-electron chi connectivity index (χ1n) is 8.54. The second kappa shape index (κ2) is 8.74. The first-order valence-corrected chi connectivity index (χ1v) is 11.5. The average molecular weight is 416 g/mol. The van der Waals surface area contributed by atoms with Gasteiger partial charge in [-0.2, -0.15) is 8.42 Å². The van der Waals surface area contributed by atoms with Gasteiger partial charge in [0.2, 0.25) is 0 Å². The van der Waals surface area contributed by atoms with Crippen LogP contribution in [0, 0.1) is 0 Å². The van der Waals surface area contributed by atoms with Crippen LogP contribution in [-0.4, -0.2) is 27.2 Å². The van der Waals surface area contributed by atoms with E-state index in [1.165, 1.54) is 12.1 Å². The van der Waals surface area contributed by atoms with Gasteiger partial charge in [-0.1, -0.05) is 48.5 Å². The fraction of sp³-hybridized carbons (Fsp3) is 0.143. The molecular formula is C21H21O5PS. The van der Waals surface area contributed by atoms with E-state index in [-0.39, 0.29) is 4.90 Å². The largest absolute Gasteiger partial charge is 0.496 e. The average Bonchev–Trinajstić information content (AvgIpc) is 2.71. The topological polar surface area (TPSA) is 72.8 Å². The second-order valence-corrected chi connectivity index (χ2v) is 9.61. The van der Waals surface area contributed by atoms with Gasteiger partial charge >= 0.3 is 0 Å². The summed E-state index contributed by atoms with van der Waals surface area (Å²) in [6.07, 6.45) is 0.668. The van der Waals surface area contributed by atoms with Crippen LogP contribution >= 0.6 is 7.92 Å². The van der Waals surface area contributed by atoms with Crippen molar-refractivity contribution in [1.82, 2.24) is 0 Å². The number of benzene rings is 3. The molecule has 3 aromatic rings. The van der Waals surface area contributed by atoms with Crippen LogP contribution in [0.4, 0.5) is 0 Å². The Kier molecular flexibility index (Phi) is 6.35. The van der Waals surface area contributed by atoms with E-state index in [0.29, 0.717) is 6.16 Å². The van der Waals surface area contributed by atoms with Gasteiger partial charge in [0.1, 0.15) is 11.5 Å². The fourth-order valence-corrected chi connectivity index (χ4v) is 6.01. The summed E-state index contributed by atoms with van der Waals surface area (Å²) in [6, 6.07) is 22.1. The lowest BCUT2D eigenvalue weighted by molar-refractivity contribution is 0.417. The molecule has 7 heteroatoms. The minimum absolute atomic E-state index is 0.116. The molecule has 0 aromatic heterocycles. The number of hydrogen-bond donors (Lipinski definition) is 1. The highest BCUT2D eigenvalue weighted by Crippen LogP contribution is 2.43. The molecule has 0 heterocycles. The van der Waals surface area contributed by atoms with E-state index in [2.05, 4.69) is 0 Å². The summed E-state index contributed by atoms with van der Waals surface area (Å²) in [5.74, 6) is 1.60. The standard InChI is InChI=1S/C21H21O5PS/c1-25-18-7-3-5-9-20(18)27(21-10-6-4-8-19(21)26-2)15-16-11-13-17(14-12-16)28(22,23)24/h3-14H,15H2,1-2H3,(H,22,23,24). The minimum Gasteiger partial charge on any atom is -0.496 e. The van der Waals surface area contributed by atoms with E-state index in [1.807, 2.05) is 48.5 Å². The highest BCUT2D eigenvalue weighted by molar-refractivity contribution is 7.85. The smallest absolute Gasteiger partial charge is 0.294 e. The third kappa shape index (κ3) is 4.53. The molecule has 0 saturated carbocycles. The normalized spacial score (nSPS) is 11.4. The van der Waals surface area contributed by atoms with Gasteiger partial charge in [0.05, 0.1) is 19.1 Å². The van der Waals surface area contributed by atoms with Crippen LogP contribution in [-0.2, 0) is 16.3 Å². The minimum atomic E-state index is -4.21. The Bertz CT molecular complexity index is 1000. The van der Waals surface area contributed by atoms with Crippen LogP contribution in [0.5, 0.6) is 11.5 Å². The summed E-state index contributed by atoms with van der Waals surface area (Å²) in [5.41, 5.74) is 0.954. The number of rotatable bonds is 7. The molecule has 0 bridgehead atoms. The predicted molar refractivity (Wildman–Crippen MR) is 112 cm³/mol. The molecule has 3 aromatic carbocycles. The molecule has 0 saturated heterocycles. The molecule has 0 fully saturated rings. The molecule has 0 aliphatic heterocycles. The summed E-state index contributed by atoms with van der Waals surface area (Å²) < 4.78 is 43.0. The Balaban J connectivity index is 2.06. The van der Waals surface area contributed by atoms with E-state index in [0.717, 1.165) is 27.7 Å². The van der Waals surface area contributed by atoms with Gasteiger partial charge in [0.25, 0.3) is 10.1 Å². The van der Waals surface area contributed by atoms with Crippen LogP contribution in [0.2, 0.25) is 0 Å². The van der Waals surface area contributed by atoms with Crippen LogP contribution < -0.4 is 20.1 Å². The van der Waals surface area contributed by atoms with E-state index in [4.69, 9.17) is 9.47 Å². The predicted octanol–water partition coefficient (Wildman–Crippen LogP) is 3.58. The first kappa shape index (κ1) is 20.3. The van der Waals surface area contributed by atoms with Crippen LogP contribution in [0.25, 0.3) is 0 Å². The van der Waals surface area contributed by atoms with Crippen molar-refractivity contribution in [2.75, 3.05) is 14.2 Å². The Hall–Kier alpha value is -2.40. The monoisotopic (exact) mass is 416 g/mol. The summed E-state index contributed by atoms with van der Waals surface area (Å²) in [5, 5.41) is 2.15. The highest BCUT2D eigenvalue weighted by atomic mass is 32.2. The van der Waals surface area contributed by atoms with Crippen LogP contribution in [0.3, 0.4) is 0 Å². The highest BCUT2D eigenvalue weighted by Gasteiger charge is 2.22. The lowest BCUT2D eigenvalue weighted by Gasteiger charge is -2.23. The van der Waals surface area contributed by atoms with Crippen LogP contribution in [0.1, 0.15) is 5.56 Å². The molecule has 5 nitrogen and oxygen atoms in total. The Morgan fingerprint density at radius 2 is 1.25 bits per heavy atom. The maximum absolute atomic E-state index is 11.3. The van der Waals surface area contributed by atoms with Crippen molar-refractivity contribution in [2.24, 2.45) is 0 Å². The van der Waals surface area contributed by atoms with Gasteiger partial charge in [0, 0.05) is 16.8 Å². The van der Waals surface area contributed by atoms with Crippen molar-refractivity contribution in [3.63, 3.8) is 0 Å². The van der Waals surface area contributed by atoms with Crippen molar-refractivity contribution in [1.29, 1.82) is 0 Å². The van der Waals surface area contributed by atoms with Crippen molar-refractivity contribution in [2.45, 2.75) is 11.1 Å². The molecule has 0 amide bonds. The molecule has 0 unspecified atom stereocenters. The molecular weight excluding hydrogens is 395 g/mol. The van der Waals surface area contributed by atoms with E-state index in [9.17, 15) is 13.0 Å². The number of para-hydroxylation sites is 2. The number of ether oxygens (including phenoxy) is 2. The third-order valence-corrected chi connectivity index (χ3v) is 7.77. The molecule has 0 aliphatic carbocycles. The molecule has 0 atom stereocenters. The quantitative estimate of drug-likeness (QED) is 0.471. The number of hydrogen-bond acceptors (Lipinski definition) is 4. The lowest BCUT2D eigenvalue weighted by atomic mass is 10.2. The zero-order valence-electron chi connectivity index (χ0n) is 15.6. The molecule has 3 rings (SSSR count). The van der Waals surface area contributed by atoms with Crippen LogP contribution in [0.15, 0.2) is 77.7 Å².